The van der Waals surface area contributed by atoms with E-state index in [9.17, 15) is 9.59 Å². The average molecular weight is 484 g/mol. The van der Waals surface area contributed by atoms with Crippen molar-refractivity contribution in [3.05, 3.63) is 101 Å². The molecule has 1 N–H and O–H groups in total. The molecular formula is C30H33N3O3. The van der Waals surface area contributed by atoms with Gasteiger partial charge in [-0.05, 0) is 54.2 Å². The van der Waals surface area contributed by atoms with Crippen LogP contribution in [0.15, 0.2) is 84.0 Å². The molecule has 0 spiro atoms. The summed E-state index contributed by atoms with van der Waals surface area (Å²) < 4.78 is 5.54. The summed E-state index contributed by atoms with van der Waals surface area (Å²) in [5.74, 6) is 0.160. The summed E-state index contributed by atoms with van der Waals surface area (Å²) in [6.07, 6.45) is 1.96. The number of benzene rings is 3. The molecule has 0 radical (unpaired) electrons. The lowest BCUT2D eigenvalue weighted by molar-refractivity contribution is -0.136. The van der Waals surface area contributed by atoms with Gasteiger partial charge in [0.1, 0.15) is 0 Å². The van der Waals surface area contributed by atoms with Crippen molar-refractivity contribution in [2.75, 3.05) is 11.9 Å². The van der Waals surface area contributed by atoms with E-state index in [2.05, 4.69) is 24.3 Å². The average Bonchev–Trinajstić information content (AvgIpc) is 2.88. The van der Waals surface area contributed by atoms with Crippen molar-refractivity contribution in [1.29, 1.82) is 0 Å². The van der Waals surface area contributed by atoms with E-state index in [1.165, 1.54) is 5.01 Å². The Morgan fingerprint density at radius 1 is 1.03 bits per heavy atom. The van der Waals surface area contributed by atoms with E-state index >= 15 is 0 Å². The Morgan fingerprint density at radius 2 is 1.72 bits per heavy atom. The Morgan fingerprint density at radius 3 is 2.42 bits per heavy atom. The fourth-order valence-corrected chi connectivity index (χ4v) is 4.53. The lowest BCUT2D eigenvalue weighted by atomic mass is 9.83. The van der Waals surface area contributed by atoms with Crippen molar-refractivity contribution in [1.82, 2.24) is 5.01 Å². The fourth-order valence-electron chi connectivity index (χ4n) is 4.53. The molecule has 6 nitrogen and oxygen atoms in total. The molecule has 2 unspecified atom stereocenters. The Balaban J connectivity index is 1.52. The SMILES string of the molecule is CCCC(C)C(C(=O)Nc1ccccc1C)c1ccc(CN2N=C(c3ccccc3)OCC2=O)cc1. The lowest BCUT2D eigenvalue weighted by Crippen LogP contribution is -2.36. The number of hydrogen-bond acceptors (Lipinski definition) is 4. The first-order valence-corrected chi connectivity index (χ1v) is 12.5. The van der Waals surface area contributed by atoms with Crippen LogP contribution in [0.2, 0.25) is 0 Å². The maximum Gasteiger partial charge on any atom is 0.281 e. The minimum atomic E-state index is -0.272. The van der Waals surface area contributed by atoms with Crippen LogP contribution < -0.4 is 5.32 Å². The molecule has 3 aromatic carbocycles. The number of amides is 2. The number of hydrogen-bond donors (Lipinski definition) is 1. The van der Waals surface area contributed by atoms with Gasteiger partial charge in [-0.25, -0.2) is 5.01 Å². The van der Waals surface area contributed by atoms with Gasteiger partial charge in [0.25, 0.3) is 5.91 Å². The molecule has 2 atom stereocenters. The van der Waals surface area contributed by atoms with Gasteiger partial charge in [-0.3, -0.25) is 9.59 Å². The van der Waals surface area contributed by atoms with Crippen LogP contribution in [0.1, 0.15) is 54.9 Å². The second-order valence-corrected chi connectivity index (χ2v) is 9.30. The highest BCUT2D eigenvalue weighted by Gasteiger charge is 2.27. The predicted molar refractivity (Wildman–Crippen MR) is 143 cm³/mol. The van der Waals surface area contributed by atoms with Crippen molar-refractivity contribution in [2.45, 2.75) is 46.1 Å². The van der Waals surface area contributed by atoms with Gasteiger partial charge in [-0.1, -0.05) is 80.9 Å². The third-order valence-corrected chi connectivity index (χ3v) is 6.52. The third-order valence-electron chi connectivity index (χ3n) is 6.52. The first-order chi connectivity index (χ1) is 17.5. The molecule has 1 heterocycles. The summed E-state index contributed by atoms with van der Waals surface area (Å²) >= 11 is 0. The molecule has 1 aliphatic rings. The van der Waals surface area contributed by atoms with Gasteiger partial charge >= 0.3 is 0 Å². The molecule has 186 valence electrons. The fraction of sp³-hybridized carbons (Fsp3) is 0.300. The zero-order valence-electron chi connectivity index (χ0n) is 21.1. The highest BCUT2D eigenvalue weighted by atomic mass is 16.5. The van der Waals surface area contributed by atoms with Crippen LogP contribution in [0.5, 0.6) is 0 Å². The number of anilines is 1. The van der Waals surface area contributed by atoms with E-state index in [0.717, 1.165) is 40.8 Å². The van der Waals surface area contributed by atoms with Gasteiger partial charge in [0.05, 0.1) is 12.5 Å². The van der Waals surface area contributed by atoms with Crippen molar-refractivity contribution >= 4 is 23.4 Å². The molecule has 4 rings (SSSR count). The molecule has 0 saturated heterocycles. The van der Waals surface area contributed by atoms with Crippen LogP contribution in [0, 0.1) is 12.8 Å². The number of carbonyl (C=O) groups excluding carboxylic acids is 2. The number of para-hydroxylation sites is 1. The second-order valence-electron chi connectivity index (χ2n) is 9.30. The predicted octanol–water partition coefficient (Wildman–Crippen LogP) is 5.87. The van der Waals surface area contributed by atoms with Gasteiger partial charge in [0.15, 0.2) is 6.61 Å². The van der Waals surface area contributed by atoms with E-state index in [-0.39, 0.29) is 30.3 Å². The van der Waals surface area contributed by atoms with Crippen LogP contribution in [0.25, 0.3) is 0 Å². The molecule has 0 aromatic heterocycles. The van der Waals surface area contributed by atoms with Gasteiger partial charge in [0.2, 0.25) is 11.8 Å². The molecule has 6 heteroatoms. The Kier molecular flexibility index (Phi) is 8.16. The summed E-state index contributed by atoms with van der Waals surface area (Å²) in [5.41, 5.74) is 4.61. The van der Waals surface area contributed by atoms with Crippen LogP contribution >= 0.6 is 0 Å². The largest absolute Gasteiger partial charge is 0.466 e. The summed E-state index contributed by atoms with van der Waals surface area (Å²) in [6, 6.07) is 25.3. The van der Waals surface area contributed by atoms with Gasteiger partial charge in [-0.2, -0.15) is 0 Å². The molecule has 3 aromatic rings. The van der Waals surface area contributed by atoms with Gasteiger partial charge in [0, 0.05) is 11.3 Å². The molecule has 0 bridgehead atoms. The maximum atomic E-state index is 13.4. The third kappa shape index (κ3) is 6.00. The van der Waals surface area contributed by atoms with E-state index in [1.807, 2.05) is 85.8 Å². The van der Waals surface area contributed by atoms with Gasteiger partial charge in [-0.15, -0.1) is 5.10 Å². The second kappa shape index (κ2) is 11.7. The first kappa shape index (κ1) is 25.2. The Labute approximate surface area is 213 Å². The highest BCUT2D eigenvalue weighted by molar-refractivity contribution is 5.98. The van der Waals surface area contributed by atoms with E-state index < -0.39 is 0 Å². The minimum absolute atomic E-state index is 0.00143. The first-order valence-electron chi connectivity index (χ1n) is 12.5. The zero-order valence-corrected chi connectivity index (χ0v) is 21.1. The normalized spacial score (nSPS) is 15.0. The number of nitrogens with zero attached hydrogens (tertiary/aromatic N) is 2. The Hall–Kier alpha value is -3.93. The smallest absolute Gasteiger partial charge is 0.281 e. The summed E-state index contributed by atoms with van der Waals surface area (Å²) in [5, 5.41) is 9.01. The number of aryl methyl sites for hydroxylation is 1. The quantitative estimate of drug-likeness (QED) is 0.413. The topological polar surface area (TPSA) is 71.0 Å². The monoisotopic (exact) mass is 483 g/mol. The molecular weight excluding hydrogens is 450 g/mol. The summed E-state index contributed by atoms with van der Waals surface area (Å²) in [6.45, 7) is 6.56. The lowest BCUT2D eigenvalue weighted by Gasteiger charge is -2.25. The van der Waals surface area contributed by atoms with Crippen LogP contribution in [-0.2, 0) is 20.9 Å². The van der Waals surface area contributed by atoms with E-state index in [0.29, 0.717) is 12.4 Å². The molecule has 0 fully saturated rings. The van der Waals surface area contributed by atoms with Crippen molar-refractivity contribution < 1.29 is 14.3 Å². The molecule has 36 heavy (non-hydrogen) atoms. The van der Waals surface area contributed by atoms with E-state index in [4.69, 9.17) is 4.74 Å². The van der Waals surface area contributed by atoms with E-state index in [1.54, 1.807) is 0 Å². The Bertz CT molecular complexity index is 1220. The number of carbonyl (C=O) groups is 2. The molecule has 2 amide bonds. The molecule has 1 aliphatic heterocycles. The van der Waals surface area contributed by atoms with Crippen molar-refractivity contribution in [3.8, 4) is 0 Å². The summed E-state index contributed by atoms with van der Waals surface area (Å²) in [7, 11) is 0. The highest BCUT2D eigenvalue weighted by Crippen LogP contribution is 2.30. The van der Waals surface area contributed by atoms with Gasteiger partial charge < -0.3 is 10.1 Å². The summed E-state index contributed by atoms with van der Waals surface area (Å²) in [4.78, 5) is 25.8. The van der Waals surface area contributed by atoms with Crippen molar-refractivity contribution in [2.24, 2.45) is 11.0 Å². The number of nitrogens with one attached hydrogen (secondary N) is 1. The standard InChI is InChI=1S/C30H33N3O3/c1-4-10-22(3)28(29(35)31-26-14-9-8-11-21(26)2)24-17-15-23(16-18-24)19-33-27(34)20-36-30(32-33)25-12-6-5-7-13-25/h5-9,11-18,22,28H,4,10,19-20H2,1-3H3,(H,31,35). The minimum Gasteiger partial charge on any atom is -0.466 e. The van der Waals surface area contributed by atoms with Crippen molar-refractivity contribution in [3.63, 3.8) is 0 Å². The number of hydrazone groups is 1. The van der Waals surface area contributed by atoms with Crippen LogP contribution in [0.4, 0.5) is 5.69 Å². The molecule has 0 aliphatic carbocycles. The van der Waals surface area contributed by atoms with Crippen LogP contribution in [-0.4, -0.2) is 29.3 Å². The molecule has 0 saturated carbocycles. The zero-order chi connectivity index (χ0) is 25.5. The van der Waals surface area contributed by atoms with Crippen LogP contribution in [0.3, 0.4) is 0 Å². The number of rotatable bonds is 9. The number of ether oxygens (including phenoxy) is 1. The maximum absolute atomic E-state index is 13.4.